The normalized spacial score (nSPS) is 9.71. The minimum absolute atomic E-state index is 0.0529. The lowest BCUT2D eigenvalue weighted by atomic mass is 10.3. The largest absolute Gasteiger partial charge is 0.338 e. The minimum atomic E-state index is -0.713. The van der Waals surface area contributed by atoms with E-state index in [-0.39, 0.29) is 17.2 Å². The van der Waals surface area contributed by atoms with Gasteiger partial charge in [0.15, 0.2) is 11.5 Å². The highest BCUT2D eigenvalue weighted by molar-refractivity contribution is 5.60. The Hall–Kier alpha value is -2.55. The van der Waals surface area contributed by atoms with Gasteiger partial charge >= 0.3 is 0 Å². The molecule has 0 radical (unpaired) electrons. The number of nitrogens with zero attached hydrogens (tertiary/aromatic N) is 3. The molecule has 0 aliphatic heterocycles. The molecule has 1 aromatic carbocycles. The van der Waals surface area contributed by atoms with Crippen LogP contribution in [0.1, 0.15) is 5.69 Å². The van der Waals surface area contributed by atoms with Crippen molar-refractivity contribution in [1.82, 2.24) is 9.97 Å². The van der Waals surface area contributed by atoms with Gasteiger partial charge in [0, 0.05) is 24.1 Å². The molecule has 0 bridgehead atoms. The Morgan fingerprint density at radius 3 is 2.35 bits per heavy atom. The molecule has 0 amide bonds. The smallest absolute Gasteiger partial charge is 0.183 e. The van der Waals surface area contributed by atoms with Crippen LogP contribution in [-0.4, -0.2) is 9.97 Å². The molecule has 0 aliphatic rings. The van der Waals surface area contributed by atoms with Crippen molar-refractivity contribution in [3.63, 3.8) is 0 Å². The zero-order chi connectivity index (χ0) is 12.3. The number of hydrogen-bond donors (Lipinski definition) is 1. The van der Waals surface area contributed by atoms with E-state index in [2.05, 4.69) is 15.3 Å². The van der Waals surface area contributed by atoms with Crippen LogP contribution in [0.2, 0.25) is 0 Å². The van der Waals surface area contributed by atoms with E-state index in [1.807, 2.05) is 6.07 Å². The van der Waals surface area contributed by atoms with E-state index in [1.54, 1.807) is 0 Å². The Balaban J connectivity index is 2.35. The molecule has 6 heteroatoms. The summed E-state index contributed by atoms with van der Waals surface area (Å²) in [5.74, 6) is -1.27. The highest BCUT2D eigenvalue weighted by Gasteiger charge is 2.06. The second-order valence-corrected chi connectivity index (χ2v) is 3.15. The maximum atomic E-state index is 12.9. The second kappa shape index (κ2) is 4.53. The molecular formula is C11H6F2N4. The third-order valence-electron chi connectivity index (χ3n) is 1.93. The van der Waals surface area contributed by atoms with Gasteiger partial charge in [0.1, 0.15) is 17.7 Å². The quantitative estimate of drug-likeness (QED) is 0.863. The molecule has 4 nitrogen and oxygen atoms in total. The highest BCUT2D eigenvalue weighted by atomic mass is 19.1. The van der Waals surface area contributed by atoms with Gasteiger partial charge in [0.2, 0.25) is 0 Å². The number of nitriles is 1. The Labute approximate surface area is 95.6 Å². The molecule has 0 saturated heterocycles. The maximum absolute atomic E-state index is 12.9. The van der Waals surface area contributed by atoms with Gasteiger partial charge in [-0.1, -0.05) is 0 Å². The van der Waals surface area contributed by atoms with Crippen molar-refractivity contribution >= 4 is 11.5 Å². The van der Waals surface area contributed by atoms with Crippen LogP contribution in [0.4, 0.5) is 20.3 Å². The molecule has 0 spiro atoms. The lowest BCUT2D eigenvalue weighted by Crippen LogP contribution is -1.99. The fourth-order valence-electron chi connectivity index (χ4n) is 1.27. The molecule has 1 N–H and O–H groups in total. The number of halogens is 2. The summed E-state index contributed by atoms with van der Waals surface area (Å²) in [6.45, 7) is 0. The van der Waals surface area contributed by atoms with E-state index < -0.39 is 11.6 Å². The standard InChI is InChI=1S/C11H6F2N4/c12-7-3-8(13)5-9(4-7)17-11-10(6-14)15-1-2-16-11/h1-5H,(H,16,17). The number of hydrogen-bond acceptors (Lipinski definition) is 4. The van der Waals surface area contributed by atoms with Gasteiger partial charge in [-0.2, -0.15) is 5.26 Å². The van der Waals surface area contributed by atoms with Crippen LogP contribution in [0, 0.1) is 23.0 Å². The van der Waals surface area contributed by atoms with E-state index in [9.17, 15) is 8.78 Å². The zero-order valence-corrected chi connectivity index (χ0v) is 8.48. The van der Waals surface area contributed by atoms with Gasteiger partial charge in [-0.3, -0.25) is 0 Å². The fraction of sp³-hybridized carbons (Fsp3) is 0. The van der Waals surface area contributed by atoms with E-state index in [0.29, 0.717) is 0 Å². The summed E-state index contributed by atoms with van der Waals surface area (Å²) in [4.78, 5) is 7.63. The number of benzene rings is 1. The summed E-state index contributed by atoms with van der Waals surface area (Å²) in [5.41, 5.74) is 0.219. The Bertz CT molecular complexity index is 572. The van der Waals surface area contributed by atoms with Crippen LogP contribution < -0.4 is 5.32 Å². The molecule has 2 aromatic rings. The summed E-state index contributed by atoms with van der Waals surface area (Å²) >= 11 is 0. The van der Waals surface area contributed by atoms with Gasteiger partial charge in [0.25, 0.3) is 0 Å². The summed E-state index contributed by atoms with van der Waals surface area (Å²) < 4.78 is 25.9. The Morgan fingerprint density at radius 2 is 1.71 bits per heavy atom. The van der Waals surface area contributed by atoms with Crippen LogP contribution in [0.5, 0.6) is 0 Å². The molecule has 0 fully saturated rings. The summed E-state index contributed by atoms with van der Waals surface area (Å²) in [7, 11) is 0. The van der Waals surface area contributed by atoms with Crippen LogP contribution in [0.3, 0.4) is 0 Å². The van der Waals surface area contributed by atoms with Gasteiger partial charge in [-0.25, -0.2) is 18.7 Å². The number of rotatable bonds is 2. The van der Waals surface area contributed by atoms with E-state index in [0.717, 1.165) is 18.2 Å². The van der Waals surface area contributed by atoms with Crippen molar-refractivity contribution in [3.05, 3.63) is 47.9 Å². The van der Waals surface area contributed by atoms with Gasteiger partial charge in [0.05, 0.1) is 0 Å². The van der Waals surface area contributed by atoms with E-state index >= 15 is 0 Å². The highest BCUT2D eigenvalue weighted by Crippen LogP contribution is 2.18. The number of anilines is 2. The predicted octanol–water partition coefficient (Wildman–Crippen LogP) is 2.37. The van der Waals surface area contributed by atoms with Crippen molar-refractivity contribution in [2.45, 2.75) is 0 Å². The van der Waals surface area contributed by atoms with Crippen LogP contribution in [0.25, 0.3) is 0 Å². The van der Waals surface area contributed by atoms with Crippen molar-refractivity contribution in [1.29, 1.82) is 5.26 Å². The lowest BCUT2D eigenvalue weighted by Gasteiger charge is -2.06. The minimum Gasteiger partial charge on any atom is -0.338 e. The monoisotopic (exact) mass is 232 g/mol. The van der Waals surface area contributed by atoms with Crippen molar-refractivity contribution in [2.24, 2.45) is 0 Å². The van der Waals surface area contributed by atoms with Crippen molar-refractivity contribution in [2.75, 3.05) is 5.32 Å². The molecule has 0 saturated carbocycles. The molecule has 0 aliphatic carbocycles. The first-order valence-corrected chi connectivity index (χ1v) is 4.63. The molecular weight excluding hydrogens is 226 g/mol. The molecule has 0 atom stereocenters. The zero-order valence-electron chi connectivity index (χ0n) is 8.48. The van der Waals surface area contributed by atoms with Crippen molar-refractivity contribution < 1.29 is 8.78 Å². The molecule has 1 aromatic heterocycles. The number of aromatic nitrogens is 2. The van der Waals surface area contributed by atoms with E-state index in [4.69, 9.17) is 5.26 Å². The average Bonchev–Trinajstić information content (AvgIpc) is 2.28. The summed E-state index contributed by atoms with van der Waals surface area (Å²) in [5, 5.41) is 11.4. The van der Waals surface area contributed by atoms with Gasteiger partial charge < -0.3 is 5.32 Å². The first-order chi connectivity index (χ1) is 8.19. The molecule has 84 valence electrons. The number of nitrogens with one attached hydrogen (secondary N) is 1. The SMILES string of the molecule is N#Cc1nccnc1Nc1cc(F)cc(F)c1. The molecule has 0 unspecified atom stereocenters. The molecule has 17 heavy (non-hydrogen) atoms. The first kappa shape index (κ1) is 11.0. The lowest BCUT2D eigenvalue weighted by molar-refractivity contribution is 0.584. The van der Waals surface area contributed by atoms with Crippen LogP contribution in [-0.2, 0) is 0 Å². The average molecular weight is 232 g/mol. The maximum Gasteiger partial charge on any atom is 0.183 e. The first-order valence-electron chi connectivity index (χ1n) is 4.63. The van der Waals surface area contributed by atoms with E-state index in [1.165, 1.54) is 12.4 Å². The fourth-order valence-corrected chi connectivity index (χ4v) is 1.27. The third kappa shape index (κ3) is 2.52. The summed E-state index contributed by atoms with van der Waals surface area (Å²) in [6.07, 6.45) is 2.73. The predicted molar refractivity (Wildman–Crippen MR) is 56.4 cm³/mol. The Morgan fingerprint density at radius 1 is 1.06 bits per heavy atom. The molecule has 2 rings (SSSR count). The van der Waals surface area contributed by atoms with Crippen LogP contribution >= 0.6 is 0 Å². The van der Waals surface area contributed by atoms with Crippen molar-refractivity contribution in [3.8, 4) is 6.07 Å². The van der Waals surface area contributed by atoms with Gasteiger partial charge in [-0.15, -0.1) is 0 Å². The third-order valence-corrected chi connectivity index (χ3v) is 1.93. The second-order valence-electron chi connectivity index (χ2n) is 3.15. The molecule has 1 heterocycles. The van der Waals surface area contributed by atoms with Crippen LogP contribution in [0.15, 0.2) is 30.6 Å². The topological polar surface area (TPSA) is 61.6 Å². The summed E-state index contributed by atoms with van der Waals surface area (Å²) in [6, 6.07) is 4.77. The Kier molecular flexibility index (Phi) is 2.92. The van der Waals surface area contributed by atoms with Gasteiger partial charge in [-0.05, 0) is 12.1 Å².